The summed E-state index contributed by atoms with van der Waals surface area (Å²) in [5.41, 5.74) is 1.69. The number of carbonyl (C=O) groups is 2. The average molecular weight is 456 g/mol. The van der Waals surface area contributed by atoms with Gasteiger partial charge in [0.2, 0.25) is 5.91 Å². The van der Waals surface area contributed by atoms with Crippen LogP contribution in [0.15, 0.2) is 69.7 Å². The highest BCUT2D eigenvalue weighted by Crippen LogP contribution is 2.40. The van der Waals surface area contributed by atoms with Crippen molar-refractivity contribution in [2.45, 2.75) is 18.6 Å². The third kappa shape index (κ3) is 4.46. The van der Waals surface area contributed by atoms with Gasteiger partial charge in [-0.25, -0.2) is 0 Å². The minimum Gasteiger partial charge on any atom is -0.351 e. The molecule has 1 saturated heterocycles. The van der Waals surface area contributed by atoms with Gasteiger partial charge in [-0.15, -0.1) is 0 Å². The molecule has 1 aliphatic heterocycles. The Balaban J connectivity index is 1.82. The Bertz CT molecular complexity index is 952. The van der Waals surface area contributed by atoms with Gasteiger partial charge in [0.15, 0.2) is 0 Å². The summed E-state index contributed by atoms with van der Waals surface area (Å²) >= 11 is 4.61. The van der Waals surface area contributed by atoms with E-state index < -0.39 is 5.91 Å². The number of halogens is 1. The summed E-state index contributed by atoms with van der Waals surface area (Å²) in [6, 6.07) is 19.0. The molecule has 5 nitrogen and oxygen atoms in total. The summed E-state index contributed by atoms with van der Waals surface area (Å²) in [5, 5.41) is 12.4. The van der Waals surface area contributed by atoms with Crippen molar-refractivity contribution in [2.24, 2.45) is 0 Å². The number of thioether (sulfide) groups is 1. The van der Waals surface area contributed by atoms with E-state index in [0.29, 0.717) is 23.7 Å². The van der Waals surface area contributed by atoms with E-state index in [9.17, 15) is 14.9 Å². The van der Waals surface area contributed by atoms with Crippen molar-refractivity contribution in [3.05, 3.63) is 75.2 Å². The van der Waals surface area contributed by atoms with Crippen molar-refractivity contribution >= 4 is 45.2 Å². The summed E-state index contributed by atoms with van der Waals surface area (Å²) in [6.45, 7) is 2.18. The van der Waals surface area contributed by atoms with E-state index in [2.05, 4.69) is 21.2 Å². The SMILES string of the molecule is CC1SC(=C(C#N)C(=O)NCCc2ccccc2)N(c2ccc(Br)cc2)C1=O. The first-order valence-corrected chi connectivity index (χ1v) is 10.4. The topological polar surface area (TPSA) is 73.2 Å². The van der Waals surface area contributed by atoms with Crippen molar-refractivity contribution < 1.29 is 9.59 Å². The van der Waals surface area contributed by atoms with Crippen LogP contribution in [0.3, 0.4) is 0 Å². The average Bonchev–Trinajstić information content (AvgIpc) is 2.98. The van der Waals surface area contributed by atoms with E-state index in [1.54, 1.807) is 19.1 Å². The first kappa shape index (κ1) is 20.2. The van der Waals surface area contributed by atoms with Crippen LogP contribution in [0.1, 0.15) is 12.5 Å². The molecule has 2 amide bonds. The van der Waals surface area contributed by atoms with Crippen LogP contribution in [0, 0.1) is 11.3 Å². The predicted octanol–water partition coefficient (Wildman–Crippen LogP) is 4.01. The number of rotatable bonds is 5. The van der Waals surface area contributed by atoms with Gasteiger partial charge in [-0.3, -0.25) is 14.5 Å². The second kappa shape index (κ2) is 9.09. The van der Waals surface area contributed by atoms with Crippen molar-refractivity contribution in [2.75, 3.05) is 11.4 Å². The Morgan fingerprint density at radius 1 is 1.21 bits per heavy atom. The first-order valence-electron chi connectivity index (χ1n) is 8.74. The van der Waals surface area contributed by atoms with Gasteiger partial charge in [-0.05, 0) is 43.2 Å². The van der Waals surface area contributed by atoms with Crippen LogP contribution < -0.4 is 10.2 Å². The minimum absolute atomic E-state index is 0.0429. The highest BCUT2D eigenvalue weighted by atomic mass is 79.9. The lowest BCUT2D eigenvalue weighted by Crippen LogP contribution is -2.31. The van der Waals surface area contributed by atoms with Gasteiger partial charge in [-0.2, -0.15) is 5.26 Å². The first-order chi connectivity index (χ1) is 13.5. The van der Waals surface area contributed by atoms with E-state index >= 15 is 0 Å². The summed E-state index contributed by atoms with van der Waals surface area (Å²) in [5.74, 6) is -0.614. The Morgan fingerprint density at radius 2 is 1.89 bits per heavy atom. The van der Waals surface area contributed by atoms with Gasteiger partial charge in [0.05, 0.1) is 5.25 Å². The normalized spacial score (nSPS) is 18.0. The van der Waals surface area contributed by atoms with Crippen LogP contribution in [-0.2, 0) is 16.0 Å². The van der Waals surface area contributed by atoms with Crippen LogP contribution in [-0.4, -0.2) is 23.6 Å². The van der Waals surface area contributed by atoms with E-state index in [1.165, 1.54) is 16.7 Å². The largest absolute Gasteiger partial charge is 0.351 e. The molecule has 0 bridgehead atoms. The van der Waals surface area contributed by atoms with Crippen molar-refractivity contribution in [3.8, 4) is 6.07 Å². The predicted molar refractivity (Wildman–Crippen MR) is 114 cm³/mol. The lowest BCUT2D eigenvalue weighted by atomic mass is 10.1. The Morgan fingerprint density at radius 3 is 2.54 bits per heavy atom. The van der Waals surface area contributed by atoms with E-state index in [4.69, 9.17) is 0 Å². The standard InChI is InChI=1S/C21H18BrN3O2S/c1-14-20(27)25(17-9-7-16(22)8-10-17)21(28-14)18(13-23)19(26)24-12-11-15-5-3-2-4-6-15/h2-10,14H,11-12H2,1H3,(H,24,26). The number of nitrogens with one attached hydrogen (secondary N) is 1. The second-order valence-electron chi connectivity index (χ2n) is 6.19. The fourth-order valence-electron chi connectivity index (χ4n) is 2.81. The fourth-order valence-corrected chi connectivity index (χ4v) is 4.17. The van der Waals surface area contributed by atoms with Crippen molar-refractivity contribution in [1.29, 1.82) is 5.26 Å². The molecule has 1 unspecified atom stereocenters. The maximum atomic E-state index is 12.7. The molecule has 2 aromatic carbocycles. The smallest absolute Gasteiger partial charge is 0.264 e. The molecule has 2 aromatic rings. The zero-order valence-electron chi connectivity index (χ0n) is 15.2. The Labute approximate surface area is 176 Å². The van der Waals surface area contributed by atoms with Crippen LogP contribution in [0.25, 0.3) is 0 Å². The molecule has 0 spiro atoms. The van der Waals surface area contributed by atoms with Crippen molar-refractivity contribution in [3.63, 3.8) is 0 Å². The van der Waals surface area contributed by atoms with Gasteiger partial charge < -0.3 is 5.32 Å². The quantitative estimate of drug-likeness (QED) is 0.545. The van der Waals surface area contributed by atoms with Gasteiger partial charge in [0.25, 0.3) is 5.91 Å². The van der Waals surface area contributed by atoms with Gasteiger partial charge in [-0.1, -0.05) is 58.0 Å². The lowest BCUT2D eigenvalue weighted by Gasteiger charge is -2.18. The van der Waals surface area contributed by atoms with E-state index in [1.807, 2.05) is 48.5 Å². The molecule has 28 heavy (non-hydrogen) atoms. The zero-order valence-corrected chi connectivity index (χ0v) is 17.6. The van der Waals surface area contributed by atoms with Gasteiger partial charge in [0.1, 0.15) is 16.7 Å². The highest BCUT2D eigenvalue weighted by Gasteiger charge is 2.38. The molecule has 1 atom stereocenters. The molecule has 0 aromatic heterocycles. The molecular weight excluding hydrogens is 438 g/mol. The monoisotopic (exact) mass is 455 g/mol. The molecule has 0 radical (unpaired) electrons. The number of hydrogen-bond donors (Lipinski definition) is 1. The lowest BCUT2D eigenvalue weighted by molar-refractivity contribution is -0.117. The molecule has 1 fully saturated rings. The van der Waals surface area contributed by atoms with Crippen LogP contribution in [0.2, 0.25) is 0 Å². The molecule has 0 saturated carbocycles. The number of hydrogen-bond acceptors (Lipinski definition) is 4. The maximum absolute atomic E-state index is 12.7. The molecule has 142 valence electrons. The van der Waals surface area contributed by atoms with Crippen LogP contribution >= 0.6 is 27.7 Å². The number of carbonyl (C=O) groups excluding carboxylic acids is 2. The minimum atomic E-state index is -0.468. The van der Waals surface area contributed by atoms with Gasteiger partial charge >= 0.3 is 0 Å². The van der Waals surface area contributed by atoms with E-state index in [-0.39, 0.29) is 16.7 Å². The third-order valence-corrected chi connectivity index (χ3v) is 5.93. The molecule has 1 heterocycles. The second-order valence-corrected chi connectivity index (χ2v) is 8.44. The number of nitriles is 1. The highest BCUT2D eigenvalue weighted by molar-refractivity contribution is 9.10. The number of nitrogens with zero attached hydrogens (tertiary/aromatic N) is 2. The summed E-state index contributed by atoms with van der Waals surface area (Å²) in [4.78, 5) is 26.8. The molecule has 0 aliphatic carbocycles. The molecular formula is C21H18BrN3O2S. The summed E-state index contributed by atoms with van der Waals surface area (Å²) < 4.78 is 0.883. The third-order valence-electron chi connectivity index (χ3n) is 4.24. The maximum Gasteiger partial charge on any atom is 0.264 e. The number of benzene rings is 2. The van der Waals surface area contributed by atoms with E-state index in [0.717, 1.165) is 10.0 Å². The van der Waals surface area contributed by atoms with Crippen molar-refractivity contribution in [1.82, 2.24) is 5.32 Å². The zero-order chi connectivity index (χ0) is 20.1. The number of anilines is 1. The fraction of sp³-hybridized carbons (Fsp3) is 0.190. The summed E-state index contributed by atoms with van der Waals surface area (Å²) in [7, 11) is 0. The molecule has 7 heteroatoms. The Kier molecular flexibility index (Phi) is 6.55. The molecule has 3 rings (SSSR count). The van der Waals surface area contributed by atoms with Crippen LogP contribution in [0.5, 0.6) is 0 Å². The molecule has 1 N–H and O–H groups in total. The van der Waals surface area contributed by atoms with Gasteiger partial charge in [0, 0.05) is 16.7 Å². The Hall–Kier alpha value is -2.56. The molecule has 1 aliphatic rings. The summed E-state index contributed by atoms with van der Waals surface area (Å²) in [6.07, 6.45) is 0.666. The number of amides is 2. The van der Waals surface area contributed by atoms with Crippen LogP contribution in [0.4, 0.5) is 5.69 Å².